The molecule has 0 fully saturated rings. The van der Waals surface area contributed by atoms with Crippen LogP contribution in [0.5, 0.6) is 0 Å². The summed E-state index contributed by atoms with van der Waals surface area (Å²) in [5, 5.41) is 7.20. The Balaban J connectivity index is 2.14. The number of carbonyl (C=O) groups excluding carboxylic acids is 2. The molecule has 0 spiro atoms. The smallest absolute Gasteiger partial charge is 0.323 e. The van der Waals surface area contributed by atoms with Crippen molar-refractivity contribution in [3.63, 3.8) is 0 Å². The highest BCUT2D eigenvalue weighted by atomic mass is 19.1. The molecule has 2 aromatic rings. The minimum Gasteiger partial charge on any atom is -0.355 e. The first-order valence-electron chi connectivity index (χ1n) is 6.35. The maximum atomic E-state index is 13.1. The van der Waals surface area contributed by atoms with Gasteiger partial charge in [0, 0.05) is 18.8 Å². The number of anilines is 2. The number of rotatable bonds is 3. The molecule has 2 rings (SSSR count). The summed E-state index contributed by atoms with van der Waals surface area (Å²) in [4.78, 5) is 23.6. The minimum absolute atomic E-state index is 0.0348. The fraction of sp³-hybridized carbons (Fsp3) is 0.0667. The van der Waals surface area contributed by atoms with Crippen LogP contribution in [0, 0.1) is 11.6 Å². The fourth-order valence-electron chi connectivity index (χ4n) is 1.84. The molecule has 0 unspecified atom stereocenters. The van der Waals surface area contributed by atoms with Crippen LogP contribution >= 0.6 is 0 Å². The van der Waals surface area contributed by atoms with E-state index in [1.165, 1.54) is 19.2 Å². The van der Waals surface area contributed by atoms with E-state index in [2.05, 4.69) is 16.0 Å². The zero-order valence-corrected chi connectivity index (χ0v) is 11.6. The number of hydrogen-bond acceptors (Lipinski definition) is 2. The summed E-state index contributed by atoms with van der Waals surface area (Å²) in [6.45, 7) is 0. The number of halogens is 2. The molecule has 0 atom stereocenters. The van der Waals surface area contributed by atoms with Crippen LogP contribution in [0.3, 0.4) is 0 Å². The maximum absolute atomic E-state index is 13.1. The molecule has 0 saturated heterocycles. The van der Waals surface area contributed by atoms with Gasteiger partial charge in [-0.3, -0.25) is 4.79 Å². The van der Waals surface area contributed by atoms with Crippen molar-refractivity contribution in [3.8, 4) is 0 Å². The topological polar surface area (TPSA) is 70.2 Å². The summed E-state index contributed by atoms with van der Waals surface area (Å²) in [5.41, 5.74) is 0.509. The van der Waals surface area contributed by atoms with E-state index in [-0.39, 0.29) is 22.8 Å². The first-order valence-corrected chi connectivity index (χ1v) is 6.35. The number of urea groups is 1. The Hall–Kier alpha value is -2.96. The molecule has 7 heteroatoms. The third kappa shape index (κ3) is 3.78. The quantitative estimate of drug-likeness (QED) is 0.816. The van der Waals surface area contributed by atoms with Gasteiger partial charge in [-0.15, -0.1) is 0 Å². The lowest BCUT2D eigenvalue weighted by Gasteiger charge is -2.11. The predicted molar refractivity (Wildman–Crippen MR) is 78.8 cm³/mol. The summed E-state index contributed by atoms with van der Waals surface area (Å²) < 4.78 is 26.1. The second-order valence-corrected chi connectivity index (χ2v) is 4.36. The normalized spacial score (nSPS) is 9.95. The minimum atomic E-state index is -0.805. The Kier molecular flexibility index (Phi) is 4.67. The molecule has 3 amide bonds. The predicted octanol–water partition coefficient (Wildman–Crippen LogP) is 2.97. The number of amides is 3. The number of nitrogens with one attached hydrogen (secondary N) is 3. The van der Waals surface area contributed by atoms with Gasteiger partial charge in [0.15, 0.2) is 0 Å². The number of para-hydroxylation sites is 1. The van der Waals surface area contributed by atoms with Crippen LogP contribution in [-0.4, -0.2) is 19.0 Å². The monoisotopic (exact) mass is 305 g/mol. The maximum Gasteiger partial charge on any atom is 0.323 e. The van der Waals surface area contributed by atoms with Gasteiger partial charge in [0.25, 0.3) is 5.91 Å². The molecule has 0 radical (unpaired) electrons. The van der Waals surface area contributed by atoms with Gasteiger partial charge in [-0.05, 0) is 24.3 Å². The molecule has 0 bridgehead atoms. The second kappa shape index (κ2) is 6.66. The zero-order valence-electron chi connectivity index (χ0n) is 11.6. The summed E-state index contributed by atoms with van der Waals surface area (Å²) in [6, 6.07) is 8.30. The van der Waals surface area contributed by atoms with Crippen molar-refractivity contribution in [3.05, 3.63) is 59.7 Å². The third-order valence-corrected chi connectivity index (χ3v) is 2.77. The van der Waals surface area contributed by atoms with Gasteiger partial charge in [-0.2, -0.15) is 0 Å². The van der Waals surface area contributed by atoms with Crippen LogP contribution in [0.15, 0.2) is 42.5 Å². The van der Waals surface area contributed by atoms with E-state index in [9.17, 15) is 18.4 Å². The van der Waals surface area contributed by atoms with Crippen molar-refractivity contribution >= 4 is 23.3 Å². The van der Waals surface area contributed by atoms with Crippen molar-refractivity contribution < 1.29 is 18.4 Å². The van der Waals surface area contributed by atoms with Gasteiger partial charge >= 0.3 is 6.03 Å². The fourth-order valence-corrected chi connectivity index (χ4v) is 1.84. The van der Waals surface area contributed by atoms with Crippen LogP contribution in [-0.2, 0) is 0 Å². The van der Waals surface area contributed by atoms with Crippen molar-refractivity contribution in [2.75, 3.05) is 17.7 Å². The van der Waals surface area contributed by atoms with Crippen molar-refractivity contribution in [1.29, 1.82) is 0 Å². The molecule has 5 nitrogen and oxygen atoms in total. The van der Waals surface area contributed by atoms with Gasteiger partial charge in [0.2, 0.25) is 0 Å². The van der Waals surface area contributed by atoms with Crippen LogP contribution < -0.4 is 16.0 Å². The van der Waals surface area contributed by atoms with E-state index >= 15 is 0 Å². The summed E-state index contributed by atoms with van der Waals surface area (Å²) in [5.74, 6) is -1.98. The number of hydrogen-bond donors (Lipinski definition) is 3. The lowest BCUT2D eigenvalue weighted by atomic mass is 10.1. The molecule has 114 valence electrons. The number of carbonyl (C=O) groups is 2. The second-order valence-electron chi connectivity index (χ2n) is 4.36. The summed E-state index contributed by atoms with van der Waals surface area (Å²) in [6.07, 6.45) is 0. The highest BCUT2D eigenvalue weighted by Gasteiger charge is 2.12. The molecular weight excluding hydrogens is 292 g/mol. The van der Waals surface area contributed by atoms with Crippen LogP contribution in [0.4, 0.5) is 25.0 Å². The standard InChI is InChI=1S/C15H13F2N3O2/c1-18-14(21)12-4-2-3-5-13(12)20-15(22)19-11-7-9(16)6-10(17)8-11/h2-8H,1H3,(H,18,21)(H2,19,20,22). The Morgan fingerprint density at radius 2 is 1.59 bits per heavy atom. The first-order chi connectivity index (χ1) is 10.5. The van der Waals surface area contributed by atoms with Crippen LogP contribution in [0.25, 0.3) is 0 Å². The van der Waals surface area contributed by atoms with Crippen LogP contribution in [0.1, 0.15) is 10.4 Å². The molecule has 0 aromatic heterocycles. The first kappa shape index (κ1) is 15.4. The average molecular weight is 305 g/mol. The van der Waals surface area contributed by atoms with Crippen LogP contribution in [0.2, 0.25) is 0 Å². The van der Waals surface area contributed by atoms with Crippen molar-refractivity contribution in [2.45, 2.75) is 0 Å². The van der Waals surface area contributed by atoms with E-state index in [1.807, 2.05) is 0 Å². The van der Waals surface area contributed by atoms with Crippen molar-refractivity contribution in [1.82, 2.24) is 5.32 Å². The van der Waals surface area contributed by atoms with Gasteiger partial charge < -0.3 is 16.0 Å². The Morgan fingerprint density at radius 1 is 0.955 bits per heavy atom. The highest BCUT2D eigenvalue weighted by Crippen LogP contribution is 2.17. The molecular formula is C15H13F2N3O2. The van der Waals surface area contributed by atoms with Gasteiger partial charge in [-0.25, -0.2) is 13.6 Å². The summed E-state index contributed by atoms with van der Waals surface area (Å²) in [7, 11) is 1.47. The molecule has 22 heavy (non-hydrogen) atoms. The molecule has 0 aliphatic carbocycles. The third-order valence-electron chi connectivity index (χ3n) is 2.77. The zero-order chi connectivity index (χ0) is 16.1. The molecule has 0 saturated carbocycles. The number of benzene rings is 2. The Bertz CT molecular complexity index is 699. The van der Waals surface area contributed by atoms with E-state index in [0.29, 0.717) is 6.07 Å². The molecule has 0 aliphatic rings. The molecule has 2 aromatic carbocycles. The SMILES string of the molecule is CNC(=O)c1ccccc1NC(=O)Nc1cc(F)cc(F)c1. The average Bonchev–Trinajstić information content (AvgIpc) is 2.45. The van der Waals surface area contributed by atoms with Crippen molar-refractivity contribution in [2.24, 2.45) is 0 Å². The van der Waals surface area contributed by atoms with E-state index in [4.69, 9.17) is 0 Å². The van der Waals surface area contributed by atoms with E-state index < -0.39 is 17.7 Å². The molecule has 3 N–H and O–H groups in total. The lowest BCUT2D eigenvalue weighted by molar-refractivity contribution is 0.0964. The largest absolute Gasteiger partial charge is 0.355 e. The molecule has 0 aliphatic heterocycles. The van der Waals surface area contributed by atoms with Gasteiger partial charge in [-0.1, -0.05) is 12.1 Å². The van der Waals surface area contributed by atoms with Gasteiger partial charge in [0.05, 0.1) is 11.3 Å². The van der Waals surface area contributed by atoms with E-state index in [0.717, 1.165) is 12.1 Å². The molecule has 0 heterocycles. The summed E-state index contributed by atoms with van der Waals surface area (Å²) >= 11 is 0. The highest BCUT2D eigenvalue weighted by molar-refractivity contribution is 6.06. The van der Waals surface area contributed by atoms with Gasteiger partial charge in [0.1, 0.15) is 11.6 Å². The Morgan fingerprint density at radius 3 is 2.23 bits per heavy atom. The Labute approximate surface area is 125 Å². The van der Waals surface area contributed by atoms with E-state index in [1.54, 1.807) is 12.1 Å². The lowest BCUT2D eigenvalue weighted by Crippen LogP contribution is -2.24.